The highest BCUT2D eigenvalue weighted by Gasteiger charge is 2.22. The Kier molecular flexibility index (Phi) is 7.35. The van der Waals surface area contributed by atoms with E-state index in [1.165, 1.54) is 34.1 Å². The summed E-state index contributed by atoms with van der Waals surface area (Å²) in [6.07, 6.45) is 5.78. The molecule has 5 rings (SSSR count). The van der Waals surface area contributed by atoms with Crippen molar-refractivity contribution in [1.82, 2.24) is 10.3 Å². The summed E-state index contributed by atoms with van der Waals surface area (Å²) in [6.45, 7) is 1.32. The first kappa shape index (κ1) is 23.5. The van der Waals surface area contributed by atoms with Crippen LogP contribution in [0.3, 0.4) is 0 Å². The second-order valence-electron chi connectivity index (χ2n) is 9.18. The number of carbonyl (C=O) groups is 2. The van der Waals surface area contributed by atoms with Crippen molar-refractivity contribution in [3.05, 3.63) is 66.2 Å². The van der Waals surface area contributed by atoms with Crippen LogP contribution in [-0.2, 0) is 16.1 Å². The number of rotatable bonds is 8. The lowest BCUT2D eigenvalue weighted by Gasteiger charge is -2.19. The van der Waals surface area contributed by atoms with Gasteiger partial charge in [0, 0.05) is 31.1 Å². The SMILES string of the molecule is O=C(CCNCc1ccc2ccccc2c1)Nc1ccc2nc(NC(=O)C3CCCCC3)sc2c1. The van der Waals surface area contributed by atoms with Crippen LogP contribution in [0.15, 0.2) is 60.7 Å². The summed E-state index contributed by atoms with van der Waals surface area (Å²) in [5.74, 6) is 0.139. The van der Waals surface area contributed by atoms with Crippen molar-refractivity contribution in [1.29, 1.82) is 0 Å². The van der Waals surface area contributed by atoms with Gasteiger partial charge in [-0.15, -0.1) is 0 Å². The number of benzene rings is 3. The maximum Gasteiger partial charge on any atom is 0.229 e. The van der Waals surface area contributed by atoms with Gasteiger partial charge in [0.05, 0.1) is 10.2 Å². The van der Waals surface area contributed by atoms with Crippen LogP contribution in [0.25, 0.3) is 21.0 Å². The van der Waals surface area contributed by atoms with Crippen molar-refractivity contribution in [3.63, 3.8) is 0 Å². The third-order valence-electron chi connectivity index (χ3n) is 6.55. The third kappa shape index (κ3) is 6.05. The average Bonchev–Trinajstić information content (AvgIpc) is 3.28. The van der Waals surface area contributed by atoms with Gasteiger partial charge in [-0.25, -0.2) is 4.98 Å². The lowest BCUT2D eigenvalue weighted by molar-refractivity contribution is -0.120. The van der Waals surface area contributed by atoms with Crippen LogP contribution in [-0.4, -0.2) is 23.3 Å². The molecule has 1 aliphatic rings. The predicted molar refractivity (Wildman–Crippen MR) is 144 cm³/mol. The molecular formula is C28H30N4O2S. The lowest BCUT2D eigenvalue weighted by Crippen LogP contribution is -2.24. The van der Waals surface area contributed by atoms with Gasteiger partial charge in [0.2, 0.25) is 11.8 Å². The summed E-state index contributed by atoms with van der Waals surface area (Å²) in [6, 6.07) is 20.4. The Morgan fingerprint density at radius 2 is 1.74 bits per heavy atom. The van der Waals surface area contributed by atoms with Crippen LogP contribution in [0.1, 0.15) is 44.1 Å². The molecule has 7 heteroatoms. The van der Waals surface area contributed by atoms with Crippen LogP contribution in [0.2, 0.25) is 0 Å². The normalized spacial score (nSPS) is 14.3. The molecule has 0 bridgehead atoms. The molecule has 0 aliphatic heterocycles. The van der Waals surface area contributed by atoms with Crippen molar-refractivity contribution in [3.8, 4) is 0 Å². The van der Waals surface area contributed by atoms with E-state index in [1.54, 1.807) is 0 Å². The van der Waals surface area contributed by atoms with Gasteiger partial charge in [0.25, 0.3) is 0 Å². The Balaban J connectivity index is 1.10. The monoisotopic (exact) mass is 486 g/mol. The van der Waals surface area contributed by atoms with E-state index < -0.39 is 0 Å². The van der Waals surface area contributed by atoms with E-state index in [1.807, 2.05) is 30.3 Å². The van der Waals surface area contributed by atoms with Gasteiger partial charge < -0.3 is 16.0 Å². The molecule has 6 nitrogen and oxygen atoms in total. The van der Waals surface area contributed by atoms with E-state index in [2.05, 4.69) is 51.3 Å². The van der Waals surface area contributed by atoms with Gasteiger partial charge >= 0.3 is 0 Å². The Bertz CT molecular complexity index is 1340. The number of hydrogen-bond acceptors (Lipinski definition) is 5. The van der Waals surface area contributed by atoms with Crippen molar-refractivity contribution < 1.29 is 9.59 Å². The lowest BCUT2D eigenvalue weighted by atomic mass is 9.89. The van der Waals surface area contributed by atoms with Crippen molar-refractivity contribution in [2.24, 2.45) is 5.92 Å². The van der Waals surface area contributed by atoms with Gasteiger partial charge in [-0.05, 0) is 53.4 Å². The fraction of sp³-hybridized carbons (Fsp3) is 0.321. The second kappa shape index (κ2) is 11.0. The largest absolute Gasteiger partial charge is 0.326 e. The van der Waals surface area contributed by atoms with Gasteiger partial charge in [-0.1, -0.05) is 67.0 Å². The molecule has 1 saturated carbocycles. The zero-order valence-electron chi connectivity index (χ0n) is 19.7. The fourth-order valence-corrected chi connectivity index (χ4v) is 5.54. The molecule has 2 amide bonds. The number of thiazole rings is 1. The maximum absolute atomic E-state index is 12.5. The number of hydrogen-bond donors (Lipinski definition) is 3. The molecule has 0 unspecified atom stereocenters. The molecule has 1 aromatic heterocycles. The standard InChI is InChI=1S/C28H30N4O2S/c33-26(14-15-29-18-19-10-11-20-6-4-5-9-22(20)16-19)30-23-12-13-24-25(17-23)35-28(31-24)32-27(34)21-7-2-1-3-8-21/h4-6,9-13,16-17,21,29H,1-3,7-8,14-15,18H2,(H,30,33)(H,31,32,34). The Hall–Kier alpha value is -3.29. The van der Waals surface area contributed by atoms with Crippen molar-refractivity contribution in [2.45, 2.75) is 45.1 Å². The molecule has 3 N–H and O–H groups in total. The average molecular weight is 487 g/mol. The molecule has 3 aromatic carbocycles. The number of nitrogens with zero attached hydrogens (tertiary/aromatic N) is 1. The number of fused-ring (bicyclic) bond motifs is 2. The molecular weight excluding hydrogens is 456 g/mol. The van der Waals surface area contributed by atoms with Crippen LogP contribution in [0.5, 0.6) is 0 Å². The smallest absolute Gasteiger partial charge is 0.229 e. The maximum atomic E-state index is 12.5. The first-order valence-corrected chi connectivity index (χ1v) is 13.2. The van der Waals surface area contributed by atoms with Crippen LogP contribution < -0.4 is 16.0 Å². The van der Waals surface area contributed by atoms with E-state index >= 15 is 0 Å². The first-order valence-electron chi connectivity index (χ1n) is 12.3. The van der Waals surface area contributed by atoms with Gasteiger partial charge in [-0.3, -0.25) is 9.59 Å². The van der Waals surface area contributed by atoms with E-state index in [-0.39, 0.29) is 17.7 Å². The number of nitrogens with one attached hydrogen (secondary N) is 3. The van der Waals surface area contributed by atoms with E-state index in [9.17, 15) is 9.59 Å². The minimum Gasteiger partial charge on any atom is -0.326 e. The minimum absolute atomic E-state index is 0.0364. The third-order valence-corrected chi connectivity index (χ3v) is 7.48. The Morgan fingerprint density at radius 3 is 2.60 bits per heavy atom. The first-order chi connectivity index (χ1) is 17.1. The van der Waals surface area contributed by atoms with Gasteiger partial charge in [0.15, 0.2) is 5.13 Å². The quantitative estimate of drug-likeness (QED) is 0.263. The van der Waals surface area contributed by atoms with E-state index in [0.717, 1.165) is 48.1 Å². The molecule has 35 heavy (non-hydrogen) atoms. The molecule has 0 spiro atoms. The zero-order valence-corrected chi connectivity index (χ0v) is 20.5. The minimum atomic E-state index is -0.0364. The summed E-state index contributed by atoms with van der Waals surface area (Å²) < 4.78 is 0.941. The molecule has 1 aliphatic carbocycles. The summed E-state index contributed by atoms with van der Waals surface area (Å²) in [4.78, 5) is 29.5. The Labute approximate surface area is 209 Å². The van der Waals surface area contributed by atoms with Gasteiger partial charge in [-0.2, -0.15) is 0 Å². The number of anilines is 2. The summed E-state index contributed by atoms with van der Waals surface area (Å²) in [5.41, 5.74) is 2.76. The highest BCUT2D eigenvalue weighted by atomic mass is 32.1. The zero-order chi connectivity index (χ0) is 24.0. The van der Waals surface area contributed by atoms with E-state index in [0.29, 0.717) is 18.1 Å². The topological polar surface area (TPSA) is 83.1 Å². The molecule has 0 radical (unpaired) electrons. The molecule has 1 fully saturated rings. The number of amides is 2. The number of carbonyl (C=O) groups excluding carboxylic acids is 2. The highest BCUT2D eigenvalue weighted by Crippen LogP contribution is 2.30. The Morgan fingerprint density at radius 1 is 0.914 bits per heavy atom. The number of aromatic nitrogens is 1. The molecule has 0 atom stereocenters. The second-order valence-corrected chi connectivity index (χ2v) is 10.2. The van der Waals surface area contributed by atoms with Crippen molar-refractivity contribution >= 4 is 55.0 Å². The van der Waals surface area contributed by atoms with Crippen LogP contribution in [0, 0.1) is 5.92 Å². The van der Waals surface area contributed by atoms with Crippen molar-refractivity contribution in [2.75, 3.05) is 17.2 Å². The van der Waals surface area contributed by atoms with Gasteiger partial charge in [0.1, 0.15) is 0 Å². The fourth-order valence-electron chi connectivity index (χ4n) is 4.63. The molecule has 0 saturated heterocycles. The highest BCUT2D eigenvalue weighted by molar-refractivity contribution is 7.22. The summed E-state index contributed by atoms with van der Waals surface area (Å²) in [7, 11) is 0. The van der Waals surface area contributed by atoms with E-state index in [4.69, 9.17) is 0 Å². The molecule has 4 aromatic rings. The van der Waals surface area contributed by atoms with Crippen LogP contribution in [0.4, 0.5) is 10.8 Å². The van der Waals surface area contributed by atoms with Crippen LogP contribution >= 0.6 is 11.3 Å². The molecule has 1 heterocycles. The summed E-state index contributed by atoms with van der Waals surface area (Å²) >= 11 is 1.44. The molecule has 180 valence electrons. The predicted octanol–water partition coefficient (Wildman–Crippen LogP) is 6.09. The summed E-state index contributed by atoms with van der Waals surface area (Å²) in [5, 5.41) is 12.4.